The van der Waals surface area contributed by atoms with Gasteiger partial charge in [-0.25, -0.2) is 13.9 Å². The van der Waals surface area contributed by atoms with Crippen LogP contribution in [0.3, 0.4) is 0 Å². The zero-order chi connectivity index (χ0) is 16.3. The van der Waals surface area contributed by atoms with E-state index in [1.54, 1.807) is 26.0 Å². The molecule has 22 heavy (non-hydrogen) atoms. The predicted octanol–water partition coefficient (Wildman–Crippen LogP) is 1.91. The van der Waals surface area contributed by atoms with Crippen LogP contribution in [0.1, 0.15) is 29.4 Å². The van der Waals surface area contributed by atoms with E-state index in [1.165, 1.54) is 23.0 Å². The molecule has 6 nitrogen and oxygen atoms in total. The smallest absolute Gasteiger partial charge is 0.326 e. The summed E-state index contributed by atoms with van der Waals surface area (Å²) in [6.07, 6.45) is 1.65. The Bertz CT molecular complexity index is 695. The lowest BCUT2D eigenvalue weighted by atomic mass is 10.2. The average molecular weight is 305 g/mol. The normalized spacial score (nSPS) is 12.0. The summed E-state index contributed by atoms with van der Waals surface area (Å²) in [7, 11) is 0. The van der Waals surface area contributed by atoms with Crippen molar-refractivity contribution in [3.05, 3.63) is 47.5 Å². The van der Waals surface area contributed by atoms with Crippen LogP contribution in [0.25, 0.3) is 5.69 Å². The van der Waals surface area contributed by atoms with Crippen LogP contribution >= 0.6 is 0 Å². The van der Waals surface area contributed by atoms with Crippen molar-refractivity contribution in [1.29, 1.82) is 0 Å². The van der Waals surface area contributed by atoms with Crippen molar-refractivity contribution in [1.82, 2.24) is 15.1 Å². The molecule has 0 saturated carbocycles. The Morgan fingerprint density at radius 1 is 1.36 bits per heavy atom. The molecule has 116 valence electrons. The minimum atomic E-state index is -1.08. The molecule has 2 aromatic rings. The van der Waals surface area contributed by atoms with Gasteiger partial charge in [-0.1, -0.05) is 6.92 Å². The number of benzene rings is 1. The number of carboxylic acids is 1. The lowest BCUT2D eigenvalue weighted by Crippen LogP contribution is -2.40. The van der Waals surface area contributed by atoms with E-state index in [9.17, 15) is 14.0 Å². The number of aliphatic carboxylic acids is 1. The first-order chi connectivity index (χ1) is 10.4. The molecule has 0 aliphatic carbocycles. The van der Waals surface area contributed by atoms with Crippen LogP contribution in [-0.2, 0) is 4.79 Å². The standard InChI is InChI=1S/C15H16FN3O3/c1-3-13(15(21)22)18-14(20)12-8-17-19(9(12)2)11-6-4-10(16)5-7-11/h4-8,13H,3H2,1-2H3,(H,18,20)(H,21,22). The highest BCUT2D eigenvalue weighted by molar-refractivity contribution is 5.97. The summed E-state index contributed by atoms with van der Waals surface area (Å²) in [6.45, 7) is 3.36. The van der Waals surface area contributed by atoms with E-state index in [0.717, 1.165) is 0 Å². The SMILES string of the molecule is CCC(NC(=O)c1cnn(-c2ccc(F)cc2)c1C)C(=O)O. The van der Waals surface area contributed by atoms with Crippen LogP contribution in [0.4, 0.5) is 4.39 Å². The molecule has 1 amide bonds. The molecule has 2 rings (SSSR count). The first-order valence-corrected chi connectivity index (χ1v) is 6.78. The van der Waals surface area contributed by atoms with E-state index in [0.29, 0.717) is 11.4 Å². The van der Waals surface area contributed by atoms with Gasteiger partial charge in [-0.3, -0.25) is 4.79 Å². The molecule has 0 saturated heterocycles. The summed E-state index contributed by atoms with van der Waals surface area (Å²) >= 11 is 0. The summed E-state index contributed by atoms with van der Waals surface area (Å²) < 4.78 is 14.4. The van der Waals surface area contributed by atoms with Gasteiger partial charge in [0, 0.05) is 0 Å². The lowest BCUT2D eigenvalue weighted by Gasteiger charge is -2.12. The number of aromatic nitrogens is 2. The summed E-state index contributed by atoms with van der Waals surface area (Å²) in [5, 5.41) is 15.5. The largest absolute Gasteiger partial charge is 0.480 e. The van der Waals surface area contributed by atoms with Gasteiger partial charge in [-0.2, -0.15) is 5.10 Å². The molecule has 0 aliphatic rings. The molecule has 0 spiro atoms. The maximum atomic E-state index is 12.9. The highest BCUT2D eigenvalue weighted by Gasteiger charge is 2.21. The molecule has 1 atom stereocenters. The maximum absolute atomic E-state index is 12.9. The van der Waals surface area contributed by atoms with E-state index < -0.39 is 17.9 Å². The fourth-order valence-corrected chi connectivity index (χ4v) is 2.05. The van der Waals surface area contributed by atoms with E-state index in [2.05, 4.69) is 10.4 Å². The first-order valence-electron chi connectivity index (χ1n) is 6.78. The highest BCUT2D eigenvalue weighted by atomic mass is 19.1. The molecule has 1 aromatic carbocycles. The number of nitrogens with one attached hydrogen (secondary N) is 1. The zero-order valence-corrected chi connectivity index (χ0v) is 12.2. The Balaban J connectivity index is 2.25. The Labute approximate surface area is 126 Å². The van der Waals surface area contributed by atoms with Gasteiger partial charge in [0.15, 0.2) is 0 Å². The van der Waals surface area contributed by atoms with Gasteiger partial charge < -0.3 is 10.4 Å². The Kier molecular flexibility index (Phi) is 4.55. The minimum Gasteiger partial charge on any atom is -0.480 e. The molecule has 0 aliphatic heterocycles. The van der Waals surface area contributed by atoms with Gasteiger partial charge in [0.25, 0.3) is 5.91 Å². The maximum Gasteiger partial charge on any atom is 0.326 e. The van der Waals surface area contributed by atoms with Gasteiger partial charge in [0.2, 0.25) is 0 Å². The van der Waals surface area contributed by atoms with Crippen molar-refractivity contribution in [2.45, 2.75) is 26.3 Å². The van der Waals surface area contributed by atoms with Gasteiger partial charge in [-0.15, -0.1) is 0 Å². The third-order valence-electron chi connectivity index (χ3n) is 3.34. The van der Waals surface area contributed by atoms with Gasteiger partial charge in [-0.05, 0) is 37.6 Å². The first kappa shape index (κ1) is 15.7. The number of amides is 1. The molecule has 1 heterocycles. The molecule has 7 heteroatoms. The summed E-state index contributed by atoms with van der Waals surface area (Å²) in [5.41, 5.74) is 1.44. The van der Waals surface area contributed by atoms with E-state index >= 15 is 0 Å². The summed E-state index contributed by atoms with van der Waals surface area (Å²) in [5.74, 6) is -1.95. The molecule has 1 aromatic heterocycles. The number of hydrogen-bond acceptors (Lipinski definition) is 3. The molecule has 1 unspecified atom stereocenters. The third kappa shape index (κ3) is 3.13. The van der Waals surface area contributed by atoms with Crippen LogP contribution in [0, 0.1) is 12.7 Å². The van der Waals surface area contributed by atoms with E-state index in [-0.39, 0.29) is 17.8 Å². The molecule has 2 N–H and O–H groups in total. The topological polar surface area (TPSA) is 84.2 Å². The monoisotopic (exact) mass is 305 g/mol. The van der Waals surface area contributed by atoms with Gasteiger partial charge in [0.05, 0.1) is 23.1 Å². The third-order valence-corrected chi connectivity index (χ3v) is 3.34. The number of rotatable bonds is 5. The van der Waals surface area contributed by atoms with Gasteiger partial charge >= 0.3 is 5.97 Å². The van der Waals surface area contributed by atoms with Crippen LogP contribution in [0.5, 0.6) is 0 Å². The Morgan fingerprint density at radius 2 is 2.00 bits per heavy atom. The number of carbonyl (C=O) groups excluding carboxylic acids is 1. The van der Waals surface area contributed by atoms with Gasteiger partial charge in [0.1, 0.15) is 11.9 Å². The van der Waals surface area contributed by atoms with Crippen LogP contribution in [0.15, 0.2) is 30.5 Å². The second-order valence-corrected chi connectivity index (χ2v) is 4.80. The summed E-state index contributed by atoms with van der Waals surface area (Å²) in [6, 6.07) is 4.74. The fourth-order valence-electron chi connectivity index (χ4n) is 2.05. The van der Waals surface area contributed by atoms with Crippen molar-refractivity contribution in [2.75, 3.05) is 0 Å². The Morgan fingerprint density at radius 3 is 2.55 bits per heavy atom. The lowest BCUT2D eigenvalue weighted by molar-refractivity contribution is -0.139. The summed E-state index contributed by atoms with van der Waals surface area (Å²) in [4.78, 5) is 23.1. The second kappa shape index (κ2) is 6.38. The van der Waals surface area contributed by atoms with Crippen molar-refractivity contribution in [3.63, 3.8) is 0 Å². The van der Waals surface area contributed by atoms with Crippen LogP contribution in [-0.4, -0.2) is 32.8 Å². The number of hydrogen-bond donors (Lipinski definition) is 2. The minimum absolute atomic E-state index is 0.282. The molecular weight excluding hydrogens is 289 g/mol. The van der Waals surface area contributed by atoms with Crippen molar-refractivity contribution < 1.29 is 19.1 Å². The number of halogens is 1. The number of nitrogens with zero attached hydrogens (tertiary/aromatic N) is 2. The zero-order valence-electron chi connectivity index (χ0n) is 12.2. The number of carboxylic acid groups (broad SMARTS) is 1. The predicted molar refractivity (Wildman–Crippen MR) is 77.4 cm³/mol. The van der Waals surface area contributed by atoms with Crippen molar-refractivity contribution in [2.24, 2.45) is 0 Å². The Hall–Kier alpha value is -2.70. The van der Waals surface area contributed by atoms with E-state index in [4.69, 9.17) is 5.11 Å². The van der Waals surface area contributed by atoms with Crippen LogP contribution in [0.2, 0.25) is 0 Å². The molecule has 0 fully saturated rings. The fraction of sp³-hybridized carbons (Fsp3) is 0.267. The van der Waals surface area contributed by atoms with Crippen LogP contribution < -0.4 is 5.32 Å². The van der Waals surface area contributed by atoms with Crippen molar-refractivity contribution in [3.8, 4) is 5.69 Å². The second-order valence-electron chi connectivity index (χ2n) is 4.80. The molecular formula is C15H16FN3O3. The average Bonchev–Trinajstić information content (AvgIpc) is 2.87. The number of carbonyl (C=O) groups is 2. The highest BCUT2D eigenvalue weighted by Crippen LogP contribution is 2.15. The molecule has 0 bridgehead atoms. The quantitative estimate of drug-likeness (QED) is 0.884. The van der Waals surface area contributed by atoms with E-state index in [1.807, 2.05) is 0 Å². The molecule has 0 radical (unpaired) electrons. The van der Waals surface area contributed by atoms with Crippen molar-refractivity contribution >= 4 is 11.9 Å².